The van der Waals surface area contributed by atoms with E-state index in [0.29, 0.717) is 23.0 Å². The molecule has 0 radical (unpaired) electrons. The topological polar surface area (TPSA) is 59.0 Å². The zero-order valence-electron chi connectivity index (χ0n) is 14.4. The number of aromatic nitrogens is 2. The lowest BCUT2D eigenvalue weighted by Gasteiger charge is -2.31. The number of hydrogen-bond donors (Lipinski definition) is 2. The molecule has 1 saturated carbocycles. The minimum absolute atomic E-state index is 0. The first-order chi connectivity index (χ1) is 11.3. The summed E-state index contributed by atoms with van der Waals surface area (Å²) in [5.74, 6) is 1.10. The Morgan fingerprint density at radius 3 is 2.96 bits per heavy atom. The van der Waals surface area contributed by atoms with Crippen LogP contribution < -0.4 is 10.6 Å². The van der Waals surface area contributed by atoms with Gasteiger partial charge in [0.15, 0.2) is 0 Å². The molecule has 0 bridgehead atoms. The molecule has 2 aliphatic rings. The SMILES string of the molecule is CCSC1CCCCC1NC(=O)c1ccn(C2CCCNC2)n1.Cl. The van der Waals surface area contributed by atoms with Gasteiger partial charge in [0.25, 0.3) is 5.91 Å². The molecule has 5 nitrogen and oxygen atoms in total. The third-order valence-electron chi connectivity index (χ3n) is 4.89. The summed E-state index contributed by atoms with van der Waals surface area (Å²) in [6, 6.07) is 2.53. The number of nitrogens with zero attached hydrogens (tertiary/aromatic N) is 2. The molecule has 0 aromatic carbocycles. The van der Waals surface area contributed by atoms with Gasteiger partial charge in [-0.2, -0.15) is 16.9 Å². The van der Waals surface area contributed by atoms with Crippen molar-refractivity contribution in [3.05, 3.63) is 18.0 Å². The van der Waals surface area contributed by atoms with Crippen molar-refractivity contribution in [1.29, 1.82) is 0 Å². The highest BCUT2D eigenvalue weighted by molar-refractivity contribution is 7.99. The Morgan fingerprint density at radius 1 is 1.38 bits per heavy atom. The van der Waals surface area contributed by atoms with E-state index in [2.05, 4.69) is 22.7 Å². The summed E-state index contributed by atoms with van der Waals surface area (Å²) in [6.45, 7) is 4.22. The third-order valence-corrected chi connectivity index (χ3v) is 6.21. The second-order valence-corrected chi connectivity index (χ2v) is 8.06. The monoisotopic (exact) mass is 372 g/mol. The van der Waals surface area contributed by atoms with Crippen LogP contribution in [-0.4, -0.2) is 45.8 Å². The van der Waals surface area contributed by atoms with Gasteiger partial charge >= 0.3 is 0 Å². The Hall–Kier alpha value is -0.720. The molecule has 3 unspecified atom stereocenters. The van der Waals surface area contributed by atoms with E-state index >= 15 is 0 Å². The minimum atomic E-state index is -0.0129. The smallest absolute Gasteiger partial charge is 0.272 e. The van der Waals surface area contributed by atoms with Crippen LogP contribution in [0.5, 0.6) is 0 Å². The van der Waals surface area contributed by atoms with E-state index in [9.17, 15) is 4.79 Å². The largest absolute Gasteiger partial charge is 0.347 e. The van der Waals surface area contributed by atoms with Gasteiger partial charge in [-0.05, 0) is 44.0 Å². The second kappa shape index (κ2) is 9.68. The zero-order chi connectivity index (χ0) is 16.1. The average molecular weight is 373 g/mol. The fourth-order valence-electron chi connectivity index (χ4n) is 3.64. The maximum Gasteiger partial charge on any atom is 0.272 e. The zero-order valence-corrected chi connectivity index (χ0v) is 16.0. The predicted octanol–water partition coefficient (Wildman–Crippen LogP) is 3.02. The summed E-state index contributed by atoms with van der Waals surface area (Å²) in [5.41, 5.74) is 0.557. The van der Waals surface area contributed by atoms with Crippen molar-refractivity contribution in [2.75, 3.05) is 18.8 Å². The maximum atomic E-state index is 12.5. The number of rotatable bonds is 5. The first-order valence-corrected chi connectivity index (χ1v) is 10.0. The van der Waals surface area contributed by atoms with E-state index in [4.69, 9.17) is 0 Å². The van der Waals surface area contributed by atoms with Gasteiger partial charge < -0.3 is 10.6 Å². The van der Waals surface area contributed by atoms with Crippen LogP contribution in [0.4, 0.5) is 0 Å². The highest BCUT2D eigenvalue weighted by atomic mass is 35.5. The number of thioether (sulfide) groups is 1. The van der Waals surface area contributed by atoms with Crippen molar-refractivity contribution >= 4 is 30.1 Å². The average Bonchev–Trinajstić information content (AvgIpc) is 3.08. The molecule has 1 amide bonds. The number of carbonyl (C=O) groups excluding carboxylic acids is 1. The molecule has 2 heterocycles. The molecule has 1 aliphatic carbocycles. The Kier molecular flexibility index (Phi) is 7.91. The van der Waals surface area contributed by atoms with E-state index in [0.717, 1.165) is 31.7 Å². The van der Waals surface area contributed by atoms with E-state index < -0.39 is 0 Å². The molecule has 1 aromatic heterocycles. The third kappa shape index (κ3) is 4.90. The van der Waals surface area contributed by atoms with E-state index in [1.165, 1.54) is 25.7 Å². The molecule has 1 saturated heterocycles. The quantitative estimate of drug-likeness (QED) is 0.834. The highest BCUT2D eigenvalue weighted by Gasteiger charge is 2.27. The molecule has 7 heteroatoms. The van der Waals surface area contributed by atoms with Gasteiger partial charge in [-0.25, -0.2) is 0 Å². The number of carbonyl (C=O) groups is 1. The Balaban J connectivity index is 0.00000208. The van der Waals surface area contributed by atoms with Gasteiger partial charge in [-0.3, -0.25) is 9.48 Å². The maximum absolute atomic E-state index is 12.5. The van der Waals surface area contributed by atoms with Crippen molar-refractivity contribution in [3.63, 3.8) is 0 Å². The summed E-state index contributed by atoms with van der Waals surface area (Å²) in [6.07, 6.45) is 9.06. The number of nitrogens with one attached hydrogen (secondary N) is 2. The Labute approximate surface area is 155 Å². The van der Waals surface area contributed by atoms with Gasteiger partial charge in [-0.15, -0.1) is 12.4 Å². The van der Waals surface area contributed by atoms with E-state index in [-0.39, 0.29) is 18.3 Å². The summed E-state index contributed by atoms with van der Waals surface area (Å²) in [4.78, 5) is 12.5. The van der Waals surface area contributed by atoms with Gasteiger partial charge in [0.2, 0.25) is 0 Å². The fraction of sp³-hybridized carbons (Fsp3) is 0.765. The standard InChI is InChI=1S/C17H28N4OS.ClH/c1-2-23-16-8-4-3-7-14(16)19-17(22)15-9-11-21(20-15)13-6-5-10-18-12-13;/h9,11,13-14,16,18H,2-8,10,12H2,1H3,(H,19,22);1H. The van der Waals surface area contributed by atoms with Crippen LogP contribution in [0, 0.1) is 0 Å². The molecule has 2 N–H and O–H groups in total. The minimum Gasteiger partial charge on any atom is -0.347 e. The second-order valence-electron chi connectivity index (χ2n) is 6.54. The lowest BCUT2D eigenvalue weighted by Crippen LogP contribution is -2.44. The van der Waals surface area contributed by atoms with Crippen LogP contribution in [0.25, 0.3) is 0 Å². The van der Waals surface area contributed by atoms with Crippen LogP contribution in [0.1, 0.15) is 62.0 Å². The molecule has 136 valence electrons. The summed E-state index contributed by atoms with van der Waals surface area (Å²) >= 11 is 1.98. The normalized spacial score (nSPS) is 27.3. The molecule has 0 spiro atoms. The van der Waals surface area contributed by atoms with Crippen molar-refractivity contribution in [2.45, 2.75) is 62.8 Å². The van der Waals surface area contributed by atoms with Crippen molar-refractivity contribution in [1.82, 2.24) is 20.4 Å². The molecule has 3 rings (SSSR count). The van der Waals surface area contributed by atoms with Crippen LogP contribution >= 0.6 is 24.2 Å². The molecule has 1 aromatic rings. The Morgan fingerprint density at radius 2 is 2.21 bits per heavy atom. The number of halogens is 1. The number of amides is 1. The van der Waals surface area contributed by atoms with Crippen LogP contribution in [0.3, 0.4) is 0 Å². The molecule has 2 fully saturated rings. The number of piperidine rings is 1. The summed E-state index contributed by atoms with van der Waals surface area (Å²) in [7, 11) is 0. The molecule has 3 atom stereocenters. The molecular weight excluding hydrogens is 344 g/mol. The van der Waals surface area contributed by atoms with Crippen LogP contribution in [0.15, 0.2) is 12.3 Å². The predicted molar refractivity (Wildman–Crippen MR) is 102 cm³/mol. The van der Waals surface area contributed by atoms with Crippen molar-refractivity contribution in [2.24, 2.45) is 0 Å². The lowest BCUT2D eigenvalue weighted by molar-refractivity contribution is 0.0923. The fourth-order valence-corrected chi connectivity index (χ4v) is 4.84. The highest BCUT2D eigenvalue weighted by Crippen LogP contribution is 2.28. The summed E-state index contributed by atoms with van der Waals surface area (Å²) in [5, 5.41) is 11.7. The molecular formula is C17H29ClN4OS. The van der Waals surface area contributed by atoms with Gasteiger partial charge in [0.05, 0.1) is 6.04 Å². The van der Waals surface area contributed by atoms with Crippen molar-refractivity contribution < 1.29 is 4.79 Å². The number of hydrogen-bond acceptors (Lipinski definition) is 4. The first kappa shape index (κ1) is 19.6. The van der Waals surface area contributed by atoms with E-state index in [1.807, 2.05) is 28.7 Å². The summed E-state index contributed by atoms with van der Waals surface area (Å²) < 4.78 is 1.96. The molecule has 1 aliphatic heterocycles. The van der Waals surface area contributed by atoms with Crippen LogP contribution in [0.2, 0.25) is 0 Å². The molecule has 24 heavy (non-hydrogen) atoms. The Bertz CT molecular complexity index is 516. The van der Waals surface area contributed by atoms with Gasteiger partial charge in [0, 0.05) is 24.0 Å². The van der Waals surface area contributed by atoms with Gasteiger partial charge in [0.1, 0.15) is 5.69 Å². The first-order valence-electron chi connectivity index (χ1n) is 8.96. The van der Waals surface area contributed by atoms with Gasteiger partial charge in [-0.1, -0.05) is 19.8 Å². The van der Waals surface area contributed by atoms with E-state index in [1.54, 1.807) is 0 Å². The lowest BCUT2D eigenvalue weighted by atomic mass is 9.95. The van der Waals surface area contributed by atoms with Crippen molar-refractivity contribution in [3.8, 4) is 0 Å². The van der Waals surface area contributed by atoms with Crippen LogP contribution in [-0.2, 0) is 0 Å².